The Balaban J connectivity index is 2.37. The van der Waals surface area contributed by atoms with Crippen LogP contribution in [-0.4, -0.2) is 11.3 Å². The molecule has 1 heterocycles. The van der Waals surface area contributed by atoms with Crippen molar-refractivity contribution < 1.29 is 4.79 Å². The Morgan fingerprint density at radius 2 is 2.07 bits per heavy atom. The van der Waals surface area contributed by atoms with Gasteiger partial charge >= 0.3 is 0 Å². The summed E-state index contributed by atoms with van der Waals surface area (Å²) in [6, 6.07) is 9.15. The molecule has 0 saturated carbocycles. The van der Waals surface area contributed by atoms with Gasteiger partial charge in [-0.3, -0.25) is 4.79 Å². The van der Waals surface area contributed by atoms with Gasteiger partial charge in [0.25, 0.3) is 0 Å². The van der Waals surface area contributed by atoms with Gasteiger partial charge in [-0.25, -0.2) is 4.98 Å². The van der Waals surface area contributed by atoms with Crippen LogP contribution in [0.15, 0.2) is 29.6 Å². The molecule has 0 aliphatic carbocycles. The highest BCUT2D eigenvalue weighted by molar-refractivity contribution is 7.11. The second kappa shape index (κ2) is 4.03. The number of carbonyl (C=O) groups excluding carboxylic acids is 1. The molecule has 0 atom stereocenters. The van der Waals surface area contributed by atoms with Gasteiger partial charge in [-0.05, 0) is 12.1 Å². The fraction of sp³-hybridized carbons (Fsp3) is 0. The molecule has 0 N–H and O–H groups in total. The van der Waals surface area contributed by atoms with E-state index in [1.807, 2.05) is 23.6 Å². The highest BCUT2D eigenvalue weighted by atomic mass is 32.1. The summed E-state index contributed by atoms with van der Waals surface area (Å²) >= 11 is 1.31. The molecular formula is C11H6N2OS. The Bertz CT molecular complexity index is 522. The maximum Gasteiger partial charge on any atom is 0.178 e. The standard InChI is InChI=1S/C11H6N2OS/c12-5-8-1-3-9(4-2-8)10-7-15-11(6-14)13-10/h1-4,6-7H. The second-order valence-electron chi connectivity index (χ2n) is 2.88. The fourth-order valence-corrected chi connectivity index (χ4v) is 1.82. The zero-order valence-corrected chi connectivity index (χ0v) is 8.49. The first-order valence-corrected chi connectivity index (χ1v) is 5.12. The molecule has 4 heteroatoms. The summed E-state index contributed by atoms with van der Waals surface area (Å²) < 4.78 is 0. The lowest BCUT2D eigenvalue weighted by Gasteiger charge is -1.95. The highest BCUT2D eigenvalue weighted by Crippen LogP contribution is 2.21. The van der Waals surface area contributed by atoms with Crippen molar-refractivity contribution in [1.29, 1.82) is 5.26 Å². The summed E-state index contributed by atoms with van der Waals surface area (Å²) in [4.78, 5) is 14.6. The summed E-state index contributed by atoms with van der Waals surface area (Å²) in [5.41, 5.74) is 2.30. The van der Waals surface area contributed by atoms with Crippen molar-refractivity contribution in [3.8, 4) is 17.3 Å². The van der Waals surface area contributed by atoms with Gasteiger partial charge in [0.05, 0.1) is 17.3 Å². The Morgan fingerprint density at radius 1 is 1.33 bits per heavy atom. The van der Waals surface area contributed by atoms with Crippen molar-refractivity contribution in [2.75, 3.05) is 0 Å². The number of hydrogen-bond acceptors (Lipinski definition) is 4. The van der Waals surface area contributed by atoms with Crippen LogP contribution in [0, 0.1) is 11.3 Å². The van der Waals surface area contributed by atoms with E-state index in [1.165, 1.54) is 11.3 Å². The molecule has 3 nitrogen and oxygen atoms in total. The summed E-state index contributed by atoms with van der Waals surface area (Å²) in [7, 11) is 0. The largest absolute Gasteiger partial charge is 0.295 e. The summed E-state index contributed by atoms with van der Waals surface area (Å²) in [6.07, 6.45) is 0.734. The first-order valence-electron chi connectivity index (χ1n) is 4.25. The number of nitrogens with zero attached hydrogens (tertiary/aromatic N) is 2. The molecule has 2 aromatic rings. The number of benzene rings is 1. The van der Waals surface area contributed by atoms with E-state index in [9.17, 15) is 4.79 Å². The van der Waals surface area contributed by atoms with Crippen LogP contribution in [0.25, 0.3) is 11.3 Å². The molecule has 0 aliphatic rings. The lowest BCUT2D eigenvalue weighted by molar-refractivity contribution is 0.112. The van der Waals surface area contributed by atoms with Gasteiger partial charge in [0, 0.05) is 10.9 Å². The van der Waals surface area contributed by atoms with E-state index in [0.717, 1.165) is 17.5 Å². The number of hydrogen-bond donors (Lipinski definition) is 0. The number of nitriles is 1. The van der Waals surface area contributed by atoms with Crippen LogP contribution in [0.3, 0.4) is 0 Å². The summed E-state index contributed by atoms with van der Waals surface area (Å²) in [5, 5.41) is 10.9. The molecule has 0 radical (unpaired) electrons. The monoisotopic (exact) mass is 214 g/mol. The average Bonchev–Trinajstić information content (AvgIpc) is 2.78. The summed E-state index contributed by atoms with van der Waals surface area (Å²) in [5.74, 6) is 0. The van der Waals surface area contributed by atoms with Gasteiger partial charge in [0.15, 0.2) is 11.3 Å². The van der Waals surface area contributed by atoms with E-state index in [4.69, 9.17) is 5.26 Å². The quantitative estimate of drug-likeness (QED) is 0.722. The molecule has 72 valence electrons. The van der Waals surface area contributed by atoms with Crippen LogP contribution in [0.5, 0.6) is 0 Å². The maximum atomic E-state index is 10.5. The molecule has 2 rings (SSSR count). The first kappa shape index (κ1) is 9.56. The third-order valence-corrected chi connectivity index (χ3v) is 2.70. The Labute approximate surface area is 90.6 Å². The zero-order chi connectivity index (χ0) is 10.7. The molecule has 0 spiro atoms. The predicted octanol–water partition coefficient (Wildman–Crippen LogP) is 2.49. The Morgan fingerprint density at radius 3 is 2.60 bits per heavy atom. The number of thiazole rings is 1. The van der Waals surface area contributed by atoms with Gasteiger partial charge in [0.2, 0.25) is 0 Å². The van der Waals surface area contributed by atoms with E-state index in [2.05, 4.69) is 4.98 Å². The molecule has 0 unspecified atom stereocenters. The molecule has 0 bridgehead atoms. The fourth-order valence-electron chi connectivity index (χ4n) is 1.19. The molecule has 0 saturated heterocycles. The van der Waals surface area contributed by atoms with E-state index < -0.39 is 0 Å². The van der Waals surface area contributed by atoms with E-state index in [1.54, 1.807) is 12.1 Å². The zero-order valence-electron chi connectivity index (χ0n) is 7.68. The number of rotatable bonds is 2. The van der Waals surface area contributed by atoms with Gasteiger partial charge in [0.1, 0.15) is 0 Å². The minimum absolute atomic E-state index is 0.467. The normalized spacial score (nSPS) is 9.53. The molecule has 0 amide bonds. The van der Waals surface area contributed by atoms with Crippen molar-refractivity contribution in [1.82, 2.24) is 4.98 Å². The maximum absolute atomic E-state index is 10.5. The predicted molar refractivity (Wildman–Crippen MR) is 57.7 cm³/mol. The van der Waals surface area contributed by atoms with Crippen LogP contribution >= 0.6 is 11.3 Å². The Hall–Kier alpha value is -1.99. The minimum atomic E-state index is 0.467. The van der Waals surface area contributed by atoms with Crippen molar-refractivity contribution in [3.05, 3.63) is 40.2 Å². The van der Waals surface area contributed by atoms with Crippen LogP contribution in [0.2, 0.25) is 0 Å². The summed E-state index contributed by atoms with van der Waals surface area (Å²) in [6.45, 7) is 0. The molecule has 15 heavy (non-hydrogen) atoms. The van der Waals surface area contributed by atoms with Crippen molar-refractivity contribution in [2.24, 2.45) is 0 Å². The number of carbonyl (C=O) groups is 1. The van der Waals surface area contributed by atoms with Crippen molar-refractivity contribution >= 4 is 17.6 Å². The van der Waals surface area contributed by atoms with Crippen molar-refractivity contribution in [2.45, 2.75) is 0 Å². The molecule has 1 aromatic carbocycles. The van der Waals surface area contributed by atoms with Gasteiger partial charge in [-0.1, -0.05) is 12.1 Å². The van der Waals surface area contributed by atoms with Crippen LogP contribution in [-0.2, 0) is 0 Å². The average molecular weight is 214 g/mol. The van der Waals surface area contributed by atoms with Crippen molar-refractivity contribution in [3.63, 3.8) is 0 Å². The molecule has 0 fully saturated rings. The molecular weight excluding hydrogens is 208 g/mol. The minimum Gasteiger partial charge on any atom is -0.295 e. The molecule has 0 aliphatic heterocycles. The van der Waals surface area contributed by atoms with E-state index in [0.29, 0.717) is 10.6 Å². The van der Waals surface area contributed by atoms with E-state index in [-0.39, 0.29) is 0 Å². The number of aldehydes is 1. The van der Waals surface area contributed by atoms with Gasteiger partial charge in [-0.15, -0.1) is 11.3 Å². The lowest BCUT2D eigenvalue weighted by atomic mass is 10.1. The number of aromatic nitrogens is 1. The SMILES string of the molecule is N#Cc1ccc(-c2csc(C=O)n2)cc1. The van der Waals surface area contributed by atoms with E-state index >= 15 is 0 Å². The first-order chi connectivity index (χ1) is 7.33. The third-order valence-electron chi connectivity index (χ3n) is 1.93. The van der Waals surface area contributed by atoms with Crippen LogP contribution in [0.4, 0.5) is 0 Å². The van der Waals surface area contributed by atoms with Gasteiger partial charge in [-0.2, -0.15) is 5.26 Å². The van der Waals surface area contributed by atoms with Gasteiger partial charge < -0.3 is 0 Å². The van der Waals surface area contributed by atoms with Crippen LogP contribution < -0.4 is 0 Å². The highest BCUT2D eigenvalue weighted by Gasteiger charge is 2.03. The molecule has 1 aromatic heterocycles. The topological polar surface area (TPSA) is 53.8 Å². The second-order valence-corrected chi connectivity index (χ2v) is 3.77. The van der Waals surface area contributed by atoms with Crippen LogP contribution in [0.1, 0.15) is 15.4 Å². The smallest absolute Gasteiger partial charge is 0.178 e. The Kier molecular flexibility index (Phi) is 2.57. The lowest BCUT2D eigenvalue weighted by Crippen LogP contribution is -1.81. The third kappa shape index (κ3) is 1.92.